The summed E-state index contributed by atoms with van der Waals surface area (Å²) in [5.74, 6) is -1.23. The number of esters is 1. The second-order valence-corrected chi connectivity index (χ2v) is 3.87. The van der Waals surface area contributed by atoms with Gasteiger partial charge in [0, 0.05) is 13.1 Å². The lowest BCUT2D eigenvalue weighted by Gasteiger charge is -2.06. The Labute approximate surface area is 100 Å². The molecule has 92 valence electrons. The minimum atomic E-state index is -0.663. The van der Waals surface area contributed by atoms with E-state index in [4.69, 9.17) is 0 Å². The molecule has 0 radical (unpaired) electrons. The van der Waals surface area contributed by atoms with Gasteiger partial charge in [-0.25, -0.2) is 9.18 Å². The highest BCUT2D eigenvalue weighted by molar-refractivity contribution is 5.89. The summed E-state index contributed by atoms with van der Waals surface area (Å²) >= 11 is 0. The van der Waals surface area contributed by atoms with E-state index in [9.17, 15) is 9.18 Å². The summed E-state index contributed by atoms with van der Waals surface area (Å²) in [5.41, 5.74) is 1.74. The minimum absolute atomic E-state index is 0.0452. The maximum absolute atomic E-state index is 13.5. The van der Waals surface area contributed by atoms with Crippen LogP contribution in [0.5, 0.6) is 0 Å². The summed E-state index contributed by atoms with van der Waals surface area (Å²) in [7, 11) is 1.23. The average Bonchev–Trinajstić information content (AvgIpc) is 2.28. The molecule has 0 fully saturated rings. The lowest BCUT2D eigenvalue weighted by atomic mass is 10.1. The molecule has 0 heterocycles. The van der Waals surface area contributed by atoms with Crippen molar-refractivity contribution in [3.05, 3.63) is 47.3 Å². The van der Waals surface area contributed by atoms with Gasteiger partial charge in [0.15, 0.2) is 0 Å². The van der Waals surface area contributed by atoms with E-state index < -0.39 is 11.8 Å². The van der Waals surface area contributed by atoms with Crippen LogP contribution in [0.3, 0.4) is 0 Å². The zero-order valence-electron chi connectivity index (χ0n) is 10.0. The van der Waals surface area contributed by atoms with E-state index in [1.165, 1.54) is 19.2 Å². The van der Waals surface area contributed by atoms with Crippen molar-refractivity contribution in [1.82, 2.24) is 5.32 Å². The van der Waals surface area contributed by atoms with Gasteiger partial charge in [-0.3, -0.25) is 0 Å². The quantitative estimate of drug-likeness (QED) is 0.630. The molecule has 0 atom stereocenters. The Morgan fingerprint density at radius 1 is 1.53 bits per heavy atom. The molecule has 0 aromatic heterocycles. The van der Waals surface area contributed by atoms with Gasteiger partial charge in [-0.1, -0.05) is 18.2 Å². The van der Waals surface area contributed by atoms with Crippen LogP contribution < -0.4 is 5.32 Å². The van der Waals surface area contributed by atoms with Crippen LogP contribution in [-0.4, -0.2) is 19.6 Å². The summed E-state index contributed by atoms with van der Waals surface area (Å²) in [6.45, 7) is 6.88. The van der Waals surface area contributed by atoms with Crippen molar-refractivity contribution in [3.63, 3.8) is 0 Å². The predicted octanol–water partition coefficient (Wildman–Crippen LogP) is 2.28. The van der Waals surface area contributed by atoms with Crippen LogP contribution in [0.1, 0.15) is 22.8 Å². The molecule has 0 aliphatic heterocycles. The number of halogens is 1. The Hall–Kier alpha value is -1.68. The van der Waals surface area contributed by atoms with Crippen molar-refractivity contribution >= 4 is 5.97 Å². The minimum Gasteiger partial charge on any atom is -0.465 e. The summed E-state index contributed by atoms with van der Waals surface area (Å²) in [6, 6.07) is 4.46. The summed E-state index contributed by atoms with van der Waals surface area (Å²) in [4.78, 5) is 11.2. The number of rotatable bonds is 5. The summed E-state index contributed by atoms with van der Waals surface area (Å²) in [5, 5.41) is 3.11. The van der Waals surface area contributed by atoms with Gasteiger partial charge in [-0.2, -0.15) is 0 Å². The first-order valence-corrected chi connectivity index (χ1v) is 5.26. The molecule has 0 aliphatic rings. The first kappa shape index (κ1) is 13.4. The van der Waals surface area contributed by atoms with Gasteiger partial charge in [-0.15, -0.1) is 0 Å². The van der Waals surface area contributed by atoms with E-state index in [2.05, 4.69) is 16.6 Å². The molecule has 0 unspecified atom stereocenters. The molecular formula is C13H16FNO2. The third-order valence-electron chi connectivity index (χ3n) is 2.19. The van der Waals surface area contributed by atoms with Gasteiger partial charge in [0.1, 0.15) is 5.82 Å². The zero-order chi connectivity index (χ0) is 12.8. The monoisotopic (exact) mass is 237 g/mol. The van der Waals surface area contributed by atoms with Crippen molar-refractivity contribution in [2.45, 2.75) is 13.5 Å². The molecule has 3 nitrogen and oxygen atoms in total. The van der Waals surface area contributed by atoms with Crippen LogP contribution in [0.4, 0.5) is 4.39 Å². The third kappa shape index (κ3) is 4.00. The highest BCUT2D eigenvalue weighted by atomic mass is 19.1. The summed E-state index contributed by atoms with van der Waals surface area (Å²) in [6.07, 6.45) is 0. The molecular weight excluding hydrogens is 221 g/mol. The first-order chi connectivity index (χ1) is 8.04. The predicted molar refractivity (Wildman–Crippen MR) is 64.3 cm³/mol. The number of carbonyl (C=O) groups is 1. The first-order valence-electron chi connectivity index (χ1n) is 5.26. The van der Waals surface area contributed by atoms with Gasteiger partial charge in [-0.05, 0) is 24.6 Å². The number of methoxy groups -OCH3 is 1. The van der Waals surface area contributed by atoms with Crippen molar-refractivity contribution < 1.29 is 13.9 Å². The number of hydrogen-bond acceptors (Lipinski definition) is 3. The third-order valence-corrected chi connectivity index (χ3v) is 2.19. The number of benzene rings is 1. The molecule has 0 saturated carbocycles. The van der Waals surface area contributed by atoms with Gasteiger partial charge < -0.3 is 10.1 Å². The van der Waals surface area contributed by atoms with E-state index in [0.717, 1.165) is 11.1 Å². The molecule has 0 aliphatic carbocycles. The van der Waals surface area contributed by atoms with Gasteiger partial charge in [0.25, 0.3) is 0 Å². The maximum atomic E-state index is 13.5. The smallest absolute Gasteiger partial charge is 0.340 e. The fraction of sp³-hybridized carbons (Fsp3) is 0.308. The van der Waals surface area contributed by atoms with Gasteiger partial charge >= 0.3 is 5.97 Å². The van der Waals surface area contributed by atoms with Crippen LogP contribution in [0.25, 0.3) is 0 Å². The molecule has 0 bridgehead atoms. The SMILES string of the molecule is C=C(C)CNCc1ccc(C(=O)OC)c(F)c1. The van der Waals surface area contributed by atoms with Gasteiger partial charge in [0.05, 0.1) is 12.7 Å². The van der Waals surface area contributed by atoms with Crippen molar-refractivity contribution in [2.24, 2.45) is 0 Å². The van der Waals surface area contributed by atoms with Crippen LogP contribution >= 0.6 is 0 Å². The largest absolute Gasteiger partial charge is 0.465 e. The van der Waals surface area contributed by atoms with Crippen LogP contribution in [0.15, 0.2) is 30.4 Å². The van der Waals surface area contributed by atoms with E-state index in [0.29, 0.717) is 13.1 Å². The lowest BCUT2D eigenvalue weighted by molar-refractivity contribution is 0.0595. The van der Waals surface area contributed by atoms with E-state index in [1.54, 1.807) is 6.07 Å². The van der Waals surface area contributed by atoms with Crippen molar-refractivity contribution in [1.29, 1.82) is 0 Å². The second-order valence-electron chi connectivity index (χ2n) is 3.87. The Morgan fingerprint density at radius 3 is 2.76 bits per heavy atom. The highest BCUT2D eigenvalue weighted by Gasteiger charge is 2.11. The Bertz CT molecular complexity index is 429. The molecule has 1 rings (SSSR count). The fourth-order valence-corrected chi connectivity index (χ4v) is 1.36. The van der Waals surface area contributed by atoms with E-state index in [-0.39, 0.29) is 5.56 Å². The molecule has 0 saturated heterocycles. The van der Waals surface area contributed by atoms with Gasteiger partial charge in [0.2, 0.25) is 0 Å². The Balaban J connectivity index is 2.68. The van der Waals surface area contributed by atoms with E-state index in [1.807, 2.05) is 6.92 Å². The molecule has 0 amide bonds. The van der Waals surface area contributed by atoms with Crippen LogP contribution in [0.2, 0.25) is 0 Å². The van der Waals surface area contributed by atoms with Crippen LogP contribution in [-0.2, 0) is 11.3 Å². The van der Waals surface area contributed by atoms with Crippen molar-refractivity contribution in [2.75, 3.05) is 13.7 Å². The maximum Gasteiger partial charge on any atom is 0.340 e. The molecule has 1 aromatic carbocycles. The number of hydrogen-bond donors (Lipinski definition) is 1. The van der Waals surface area contributed by atoms with E-state index >= 15 is 0 Å². The molecule has 4 heteroatoms. The zero-order valence-corrected chi connectivity index (χ0v) is 10.0. The molecule has 17 heavy (non-hydrogen) atoms. The number of nitrogens with one attached hydrogen (secondary N) is 1. The molecule has 1 N–H and O–H groups in total. The summed E-state index contributed by atoms with van der Waals surface area (Å²) < 4.78 is 18.0. The highest BCUT2D eigenvalue weighted by Crippen LogP contribution is 2.11. The standard InChI is InChI=1S/C13H16FNO2/c1-9(2)7-15-8-10-4-5-11(12(14)6-10)13(16)17-3/h4-6,15H,1,7-8H2,2-3H3. The normalized spacial score (nSPS) is 10.1. The molecule has 1 aromatic rings. The lowest BCUT2D eigenvalue weighted by Crippen LogP contribution is -2.15. The average molecular weight is 237 g/mol. The topological polar surface area (TPSA) is 38.3 Å². The second kappa shape index (κ2) is 6.15. The number of carbonyl (C=O) groups excluding carboxylic acids is 1. The Morgan fingerprint density at radius 2 is 2.24 bits per heavy atom. The molecule has 0 spiro atoms. The van der Waals surface area contributed by atoms with Crippen LogP contribution in [0, 0.1) is 5.82 Å². The van der Waals surface area contributed by atoms with Crippen molar-refractivity contribution in [3.8, 4) is 0 Å². The Kier molecular flexibility index (Phi) is 4.84. The fourth-order valence-electron chi connectivity index (χ4n) is 1.36. The number of ether oxygens (including phenoxy) is 1.